The van der Waals surface area contributed by atoms with Crippen LogP contribution in [-0.4, -0.2) is 68.2 Å². The Bertz CT molecular complexity index is 416. The van der Waals surface area contributed by atoms with Gasteiger partial charge in [0.2, 0.25) is 0 Å². The molecule has 112 valence electrons. The van der Waals surface area contributed by atoms with Crippen LogP contribution in [0.2, 0.25) is 0 Å². The van der Waals surface area contributed by atoms with Gasteiger partial charge in [-0.05, 0) is 33.2 Å². The van der Waals surface area contributed by atoms with Crippen molar-refractivity contribution < 1.29 is 4.74 Å². The lowest BCUT2D eigenvalue weighted by Gasteiger charge is -2.32. The van der Waals surface area contributed by atoms with Crippen LogP contribution in [0.3, 0.4) is 0 Å². The summed E-state index contributed by atoms with van der Waals surface area (Å²) in [5.74, 6) is 0.902. The Balaban J connectivity index is 1.81. The smallest absolute Gasteiger partial charge is 0.142 e. The van der Waals surface area contributed by atoms with E-state index in [0.717, 1.165) is 63.0 Å². The van der Waals surface area contributed by atoms with Crippen molar-refractivity contribution in [3.63, 3.8) is 0 Å². The Hall–Kier alpha value is -1.17. The first-order valence-electron chi connectivity index (χ1n) is 7.34. The van der Waals surface area contributed by atoms with Crippen LogP contribution in [-0.2, 0) is 6.54 Å². The number of nitrogens with one attached hydrogen (secondary N) is 1. The summed E-state index contributed by atoms with van der Waals surface area (Å²) in [7, 11) is 4.11. The zero-order chi connectivity index (χ0) is 14.4. The summed E-state index contributed by atoms with van der Waals surface area (Å²) < 4.78 is 5.92. The Labute approximate surface area is 121 Å². The number of likely N-dealkylation sites (N-methyl/N-ethyl adjacent to an activating group) is 1. The third-order valence-corrected chi connectivity index (χ3v) is 3.68. The molecule has 0 spiro atoms. The first-order valence-corrected chi connectivity index (χ1v) is 7.34. The summed E-state index contributed by atoms with van der Waals surface area (Å²) >= 11 is 0. The normalized spacial score (nSPS) is 17.4. The van der Waals surface area contributed by atoms with Crippen LogP contribution in [0.15, 0.2) is 12.1 Å². The molecule has 0 aliphatic carbocycles. The molecule has 20 heavy (non-hydrogen) atoms. The topological polar surface area (TPSA) is 40.6 Å². The molecule has 2 rings (SSSR count). The first-order chi connectivity index (χ1) is 9.69. The molecule has 5 heteroatoms. The van der Waals surface area contributed by atoms with Crippen molar-refractivity contribution in [2.75, 3.05) is 53.4 Å². The summed E-state index contributed by atoms with van der Waals surface area (Å²) in [6, 6.07) is 4.03. The van der Waals surface area contributed by atoms with Crippen LogP contribution in [0.25, 0.3) is 0 Å². The number of hydrogen-bond donors (Lipinski definition) is 1. The molecular formula is C15H26N4O. The maximum Gasteiger partial charge on any atom is 0.142 e. The van der Waals surface area contributed by atoms with E-state index in [1.807, 2.05) is 26.1 Å². The molecule has 1 aromatic heterocycles. The van der Waals surface area contributed by atoms with E-state index in [-0.39, 0.29) is 0 Å². The highest BCUT2D eigenvalue weighted by Gasteiger charge is 2.13. The van der Waals surface area contributed by atoms with Crippen molar-refractivity contribution in [3.05, 3.63) is 23.5 Å². The molecule has 1 saturated heterocycles. The quantitative estimate of drug-likeness (QED) is 0.831. The van der Waals surface area contributed by atoms with Crippen LogP contribution >= 0.6 is 0 Å². The van der Waals surface area contributed by atoms with Gasteiger partial charge in [0.05, 0.1) is 5.69 Å². The van der Waals surface area contributed by atoms with Gasteiger partial charge in [-0.2, -0.15) is 0 Å². The van der Waals surface area contributed by atoms with E-state index >= 15 is 0 Å². The molecule has 0 aromatic carbocycles. The number of nitrogens with zero attached hydrogens (tertiary/aromatic N) is 3. The molecule has 1 aromatic rings. The molecule has 0 amide bonds. The minimum absolute atomic E-state index is 0.727. The molecule has 5 nitrogen and oxygen atoms in total. The van der Waals surface area contributed by atoms with E-state index < -0.39 is 0 Å². The van der Waals surface area contributed by atoms with Crippen molar-refractivity contribution in [1.29, 1.82) is 0 Å². The number of pyridine rings is 1. The molecule has 1 fully saturated rings. The fourth-order valence-electron chi connectivity index (χ4n) is 2.38. The Kier molecular flexibility index (Phi) is 5.76. The largest absolute Gasteiger partial charge is 0.490 e. The second kappa shape index (κ2) is 7.57. The van der Waals surface area contributed by atoms with Crippen molar-refractivity contribution >= 4 is 0 Å². The lowest BCUT2D eigenvalue weighted by atomic mass is 10.3. The SMILES string of the molecule is CNCc1nc(C)ccc1OCCN1CCN(C)CC1. The minimum atomic E-state index is 0.727. The highest BCUT2D eigenvalue weighted by Crippen LogP contribution is 2.16. The lowest BCUT2D eigenvalue weighted by molar-refractivity contribution is 0.133. The van der Waals surface area contributed by atoms with Gasteiger partial charge in [-0.1, -0.05) is 0 Å². The first kappa shape index (κ1) is 15.2. The Morgan fingerprint density at radius 3 is 2.70 bits per heavy atom. The fourth-order valence-corrected chi connectivity index (χ4v) is 2.38. The Morgan fingerprint density at radius 2 is 2.00 bits per heavy atom. The van der Waals surface area contributed by atoms with Crippen molar-refractivity contribution in [1.82, 2.24) is 20.1 Å². The predicted molar refractivity (Wildman–Crippen MR) is 81.2 cm³/mol. The predicted octanol–water partition coefficient (Wildman–Crippen LogP) is 0.736. The molecule has 1 N–H and O–H groups in total. The fraction of sp³-hybridized carbons (Fsp3) is 0.667. The van der Waals surface area contributed by atoms with Gasteiger partial charge in [0.1, 0.15) is 12.4 Å². The van der Waals surface area contributed by atoms with E-state index in [2.05, 4.69) is 27.1 Å². The maximum absolute atomic E-state index is 5.92. The van der Waals surface area contributed by atoms with Gasteiger partial charge in [-0.15, -0.1) is 0 Å². The number of hydrogen-bond acceptors (Lipinski definition) is 5. The number of aryl methyl sites for hydroxylation is 1. The number of ether oxygens (including phenoxy) is 1. The van der Waals surface area contributed by atoms with E-state index in [0.29, 0.717) is 0 Å². The van der Waals surface area contributed by atoms with Crippen LogP contribution < -0.4 is 10.1 Å². The summed E-state index contributed by atoms with van der Waals surface area (Å²) in [4.78, 5) is 9.36. The van der Waals surface area contributed by atoms with Gasteiger partial charge in [-0.3, -0.25) is 9.88 Å². The maximum atomic E-state index is 5.92. The summed E-state index contributed by atoms with van der Waals surface area (Å²) in [5, 5.41) is 3.14. The number of rotatable bonds is 6. The van der Waals surface area contributed by atoms with Crippen LogP contribution in [0.4, 0.5) is 0 Å². The molecule has 0 unspecified atom stereocenters. The molecule has 0 radical (unpaired) electrons. The Morgan fingerprint density at radius 1 is 1.25 bits per heavy atom. The average Bonchev–Trinajstić information content (AvgIpc) is 2.44. The van der Waals surface area contributed by atoms with Gasteiger partial charge in [0.25, 0.3) is 0 Å². The van der Waals surface area contributed by atoms with Gasteiger partial charge in [0, 0.05) is 45.0 Å². The summed E-state index contributed by atoms with van der Waals surface area (Å²) in [5.41, 5.74) is 2.02. The lowest BCUT2D eigenvalue weighted by Crippen LogP contribution is -2.45. The van der Waals surface area contributed by atoms with Crippen molar-refractivity contribution in [2.45, 2.75) is 13.5 Å². The molecular weight excluding hydrogens is 252 g/mol. The summed E-state index contributed by atoms with van der Waals surface area (Å²) in [6.07, 6.45) is 0. The highest BCUT2D eigenvalue weighted by atomic mass is 16.5. The number of aromatic nitrogens is 1. The van der Waals surface area contributed by atoms with E-state index in [1.54, 1.807) is 0 Å². The summed E-state index contributed by atoms with van der Waals surface area (Å²) in [6.45, 7) is 9.03. The van der Waals surface area contributed by atoms with Crippen LogP contribution in [0, 0.1) is 6.92 Å². The van der Waals surface area contributed by atoms with E-state index in [9.17, 15) is 0 Å². The molecule has 0 bridgehead atoms. The highest BCUT2D eigenvalue weighted by molar-refractivity contribution is 5.29. The third kappa shape index (κ3) is 4.44. The molecule has 0 atom stereocenters. The molecule has 1 aliphatic rings. The zero-order valence-corrected chi connectivity index (χ0v) is 12.9. The van der Waals surface area contributed by atoms with Gasteiger partial charge < -0.3 is 15.0 Å². The second-order valence-corrected chi connectivity index (χ2v) is 5.42. The van der Waals surface area contributed by atoms with Crippen molar-refractivity contribution in [2.24, 2.45) is 0 Å². The van der Waals surface area contributed by atoms with Gasteiger partial charge >= 0.3 is 0 Å². The second-order valence-electron chi connectivity index (χ2n) is 5.42. The molecule has 0 saturated carbocycles. The van der Waals surface area contributed by atoms with Crippen molar-refractivity contribution in [3.8, 4) is 5.75 Å². The molecule has 2 heterocycles. The zero-order valence-electron chi connectivity index (χ0n) is 12.9. The standard InChI is InChI=1S/C15H26N4O/c1-13-4-5-15(14(17-13)12-16-2)20-11-10-19-8-6-18(3)7-9-19/h4-5,16H,6-12H2,1-3H3. The van der Waals surface area contributed by atoms with Crippen LogP contribution in [0.1, 0.15) is 11.4 Å². The van der Waals surface area contributed by atoms with Gasteiger partial charge in [-0.25, -0.2) is 0 Å². The minimum Gasteiger partial charge on any atom is -0.490 e. The monoisotopic (exact) mass is 278 g/mol. The van der Waals surface area contributed by atoms with E-state index in [1.165, 1.54) is 0 Å². The third-order valence-electron chi connectivity index (χ3n) is 3.68. The van der Waals surface area contributed by atoms with Crippen LogP contribution in [0.5, 0.6) is 5.75 Å². The molecule has 1 aliphatic heterocycles. The number of piperazine rings is 1. The average molecular weight is 278 g/mol. The van der Waals surface area contributed by atoms with Gasteiger partial charge in [0.15, 0.2) is 0 Å². The van der Waals surface area contributed by atoms with E-state index in [4.69, 9.17) is 4.74 Å².